The molecule has 1 N–H and O–H groups in total. The molecule has 0 unspecified atom stereocenters. The summed E-state index contributed by atoms with van der Waals surface area (Å²) >= 11 is 0. The lowest BCUT2D eigenvalue weighted by molar-refractivity contribution is 0.0985. The molecule has 0 radical (unpaired) electrons. The van der Waals surface area contributed by atoms with Crippen LogP contribution in [0.5, 0.6) is 0 Å². The SMILES string of the molecule is CCNS(=O)(=O)c1ccc(C(=O)N2CCCc3cc(C(C)C)ccc32)cc1. The standard InChI is InChI=1S/C21H26N2O3S/c1-4-22-27(25,26)19-10-7-16(8-11-19)21(24)23-13-5-6-18-14-17(15(2)3)9-12-20(18)23/h7-12,14-15,22H,4-6,13H2,1-3H3. The molecule has 2 aromatic carbocycles. The summed E-state index contributed by atoms with van der Waals surface area (Å²) in [6.45, 7) is 7.05. The average Bonchev–Trinajstić information content (AvgIpc) is 2.66. The number of amides is 1. The maximum absolute atomic E-state index is 13.0. The second kappa shape index (κ2) is 7.82. The molecule has 6 heteroatoms. The topological polar surface area (TPSA) is 66.5 Å². The van der Waals surface area contributed by atoms with Gasteiger partial charge in [-0.2, -0.15) is 0 Å². The molecule has 1 heterocycles. The molecule has 0 atom stereocenters. The van der Waals surface area contributed by atoms with Crippen molar-refractivity contribution in [3.8, 4) is 0 Å². The van der Waals surface area contributed by atoms with E-state index in [-0.39, 0.29) is 10.8 Å². The quantitative estimate of drug-likeness (QED) is 0.852. The minimum atomic E-state index is -3.51. The van der Waals surface area contributed by atoms with Crippen molar-refractivity contribution in [1.82, 2.24) is 4.72 Å². The number of nitrogens with zero attached hydrogens (tertiary/aromatic N) is 1. The molecular weight excluding hydrogens is 360 g/mol. The Morgan fingerprint density at radius 3 is 2.48 bits per heavy atom. The number of carbonyl (C=O) groups excluding carboxylic acids is 1. The van der Waals surface area contributed by atoms with E-state index in [9.17, 15) is 13.2 Å². The lowest BCUT2D eigenvalue weighted by atomic mass is 9.94. The molecule has 1 aliphatic rings. The highest BCUT2D eigenvalue weighted by Crippen LogP contribution is 2.31. The molecule has 0 saturated heterocycles. The van der Waals surface area contributed by atoms with E-state index in [4.69, 9.17) is 0 Å². The number of rotatable bonds is 5. The number of sulfonamides is 1. The van der Waals surface area contributed by atoms with Crippen LogP contribution in [-0.2, 0) is 16.4 Å². The first-order valence-corrected chi connectivity index (χ1v) is 10.9. The molecule has 0 saturated carbocycles. The van der Waals surface area contributed by atoms with Gasteiger partial charge in [0.25, 0.3) is 5.91 Å². The molecule has 144 valence electrons. The van der Waals surface area contributed by atoms with Crippen LogP contribution < -0.4 is 9.62 Å². The molecule has 0 fully saturated rings. The summed E-state index contributed by atoms with van der Waals surface area (Å²) in [5.41, 5.74) is 3.93. The van der Waals surface area contributed by atoms with Gasteiger partial charge in [-0.25, -0.2) is 13.1 Å². The van der Waals surface area contributed by atoms with Crippen molar-refractivity contribution in [1.29, 1.82) is 0 Å². The number of hydrogen-bond acceptors (Lipinski definition) is 3. The summed E-state index contributed by atoms with van der Waals surface area (Å²) in [7, 11) is -3.51. The van der Waals surface area contributed by atoms with E-state index in [1.807, 2.05) is 6.07 Å². The van der Waals surface area contributed by atoms with Crippen LogP contribution in [0.15, 0.2) is 47.4 Å². The fraction of sp³-hybridized carbons (Fsp3) is 0.381. The molecule has 0 aliphatic carbocycles. The van der Waals surface area contributed by atoms with Gasteiger partial charge in [0.1, 0.15) is 0 Å². The monoisotopic (exact) mass is 386 g/mol. The molecule has 1 amide bonds. The Bertz CT molecular complexity index is 934. The minimum absolute atomic E-state index is 0.0966. The second-order valence-corrected chi connectivity index (χ2v) is 8.90. The zero-order chi connectivity index (χ0) is 19.6. The highest BCUT2D eigenvalue weighted by Gasteiger charge is 2.24. The second-order valence-electron chi connectivity index (χ2n) is 7.13. The maximum Gasteiger partial charge on any atom is 0.258 e. The summed E-state index contributed by atoms with van der Waals surface area (Å²) in [6.07, 6.45) is 1.90. The van der Waals surface area contributed by atoms with E-state index in [2.05, 4.69) is 30.7 Å². The summed E-state index contributed by atoms with van der Waals surface area (Å²) in [5, 5.41) is 0. The van der Waals surface area contributed by atoms with Gasteiger partial charge in [-0.1, -0.05) is 32.9 Å². The lowest BCUT2D eigenvalue weighted by Crippen LogP contribution is -2.35. The number of fused-ring (bicyclic) bond motifs is 1. The van der Waals surface area contributed by atoms with Crippen molar-refractivity contribution < 1.29 is 13.2 Å². The van der Waals surface area contributed by atoms with E-state index in [0.717, 1.165) is 18.5 Å². The van der Waals surface area contributed by atoms with Crippen molar-refractivity contribution in [3.05, 3.63) is 59.2 Å². The van der Waals surface area contributed by atoms with Crippen LogP contribution in [0, 0.1) is 0 Å². The zero-order valence-electron chi connectivity index (χ0n) is 16.0. The summed E-state index contributed by atoms with van der Waals surface area (Å²) < 4.78 is 26.6. The predicted molar refractivity (Wildman–Crippen MR) is 108 cm³/mol. The number of carbonyl (C=O) groups is 1. The van der Waals surface area contributed by atoms with Crippen LogP contribution in [-0.4, -0.2) is 27.4 Å². The van der Waals surface area contributed by atoms with Gasteiger partial charge in [0, 0.05) is 24.3 Å². The number of nitrogens with one attached hydrogen (secondary N) is 1. The first kappa shape index (κ1) is 19.6. The Kier molecular flexibility index (Phi) is 5.67. The van der Waals surface area contributed by atoms with Gasteiger partial charge in [-0.05, 0) is 60.2 Å². The number of aryl methyl sites for hydroxylation is 1. The van der Waals surface area contributed by atoms with Crippen molar-refractivity contribution in [2.24, 2.45) is 0 Å². The van der Waals surface area contributed by atoms with Gasteiger partial charge < -0.3 is 4.90 Å². The van der Waals surface area contributed by atoms with Crippen molar-refractivity contribution in [2.45, 2.75) is 44.4 Å². The third kappa shape index (κ3) is 4.06. The summed E-state index contributed by atoms with van der Waals surface area (Å²) in [5.74, 6) is 0.355. The lowest BCUT2D eigenvalue weighted by Gasteiger charge is -2.30. The van der Waals surface area contributed by atoms with Crippen LogP contribution in [0.25, 0.3) is 0 Å². The number of benzene rings is 2. The molecule has 0 spiro atoms. The number of hydrogen-bond donors (Lipinski definition) is 1. The third-order valence-corrected chi connectivity index (χ3v) is 6.44. The van der Waals surface area contributed by atoms with Crippen molar-refractivity contribution in [2.75, 3.05) is 18.0 Å². The van der Waals surface area contributed by atoms with Gasteiger partial charge in [-0.15, -0.1) is 0 Å². The zero-order valence-corrected chi connectivity index (χ0v) is 16.8. The third-order valence-electron chi connectivity index (χ3n) is 4.88. The van der Waals surface area contributed by atoms with Crippen LogP contribution in [0.3, 0.4) is 0 Å². The predicted octanol–water partition coefficient (Wildman–Crippen LogP) is 3.70. The van der Waals surface area contributed by atoms with Gasteiger partial charge in [0.15, 0.2) is 0 Å². The van der Waals surface area contributed by atoms with Gasteiger partial charge in [0.2, 0.25) is 10.0 Å². The molecule has 1 aliphatic heterocycles. The molecule has 2 aromatic rings. The van der Waals surface area contributed by atoms with Crippen molar-refractivity contribution in [3.63, 3.8) is 0 Å². The minimum Gasteiger partial charge on any atom is -0.308 e. The largest absolute Gasteiger partial charge is 0.308 e. The Hall–Kier alpha value is -2.18. The summed E-state index contributed by atoms with van der Waals surface area (Å²) in [4.78, 5) is 15.0. The Morgan fingerprint density at radius 1 is 1.15 bits per heavy atom. The highest BCUT2D eigenvalue weighted by atomic mass is 32.2. The molecule has 5 nitrogen and oxygen atoms in total. The van der Waals surface area contributed by atoms with E-state index < -0.39 is 10.0 Å². The van der Waals surface area contributed by atoms with Gasteiger partial charge >= 0.3 is 0 Å². The molecule has 3 rings (SSSR count). The van der Waals surface area contributed by atoms with E-state index in [0.29, 0.717) is 24.6 Å². The summed E-state index contributed by atoms with van der Waals surface area (Å²) in [6, 6.07) is 12.5. The highest BCUT2D eigenvalue weighted by molar-refractivity contribution is 7.89. The van der Waals surface area contributed by atoms with Crippen LogP contribution in [0.1, 0.15) is 54.6 Å². The Labute approximate surface area is 161 Å². The van der Waals surface area contributed by atoms with Crippen LogP contribution in [0.4, 0.5) is 5.69 Å². The average molecular weight is 387 g/mol. The maximum atomic E-state index is 13.0. The Morgan fingerprint density at radius 2 is 1.85 bits per heavy atom. The van der Waals surface area contributed by atoms with Crippen LogP contribution in [0.2, 0.25) is 0 Å². The first-order valence-electron chi connectivity index (χ1n) is 9.38. The van der Waals surface area contributed by atoms with E-state index in [1.165, 1.54) is 23.3 Å². The molecule has 27 heavy (non-hydrogen) atoms. The normalized spacial score (nSPS) is 14.3. The fourth-order valence-corrected chi connectivity index (χ4v) is 4.43. The fourth-order valence-electron chi connectivity index (χ4n) is 3.39. The molecule has 0 bridgehead atoms. The Balaban J connectivity index is 1.87. The number of anilines is 1. The van der Waals surface area contributed by atoms with E-state index in [1.54, 1.807) is 24.0 Å². The van der Waals surface area contributed by atoms with Gasteiger partial charge in [-0.3, -0.25) is 4.79 Å². The molecule has 0 aromatic heterocycles. The molecular formula is C21H26N2O3S. The van der Waals surface area contributed by atoms with Crippen molar-refractivity contribution >= 4 is 21.6 Å². The first-order chi connectivity index (χ1) is 12.8. The van der Waals surface area contributed by atoms with Gasteiger partial charge in [0.05, 0.1) is 4.90 Å². The van der Waals surface area contributed by atoms with E-state index >= 15 is 0 Å². The smallest absolute Gasteiger partial charge is 0.258 e. The van der Waals surface area contributed by atoms with Crippen LogP contribution >= 0.6 is 0 Å².